The maximum absolute atomic E-state index is 6.65. The van der Waals surface area contributed by atoms with Crippen molar-refractivity contribution < 1.29 is 8.83 Å². The number of nitrogens with zero attached hydrogens (tertiary/aromatic N) is 1. The summed E-state index contributed by atoms with van der Waals surface area (Å²) in [7, 11) is -8.10. The van der Waals surface area contributed by atoms with E-state index in [4.69, 9.17) is 8.83 Å². The van der Waals surface area contributed by atoms with Crippen LogP contribution in [0.3, 0.4) is 0 Å². The molecule has 0 radical (unpaired) electrons. The second-order valence-corrected chi connectivity index (χ2v) is 36.4. The summed E-state index contributed by atoms with van der Waals surface area (Å²) >= 11 is 0. The fourth-order valence-electron chi connectivity index (χ4n) is 15.8. The molecule has 0 aliphatic heterocycles. The Morgan fingerprint density at radius 2 is 0.375 bits per heavy atom. The summed E-state index contributed by atoms with van der Waals surface area (Å²) in [5.74, 6) is 0. The van der Waals surface area contributed by atoms with Gasteiger partial charge in [0.15, 0.2) is 24.2 Å². The average Bonchev–Trinajstić information content (AvgIpc) is 1.16. The molecule has 0 aliphatic carbocycles. The molecule has 0 aliphatic rings. The quantitative estimate of drug-likeness (QED) is 0.0851. The Hall–Kier alpha value is -11.6. The first kappa shape index (κ1) is 58.2. The molecule has 15 aromatic carbocycles. The molecule has 96 heavy (non-hydrogen) atoms. The summed E-state index contributed by atoms with van der Waals surface area (Å²) in [6.07, 6.45) is 0. The molecule has 0 bridgehead atoms. The highest BCUT2D eigenvalue weighted by Crippen LogP contribution is 2.36. The van der Waals surface area contributed by atoms with Gasteiger partial charge in [-0.05, 0) is 111 Å². The van der Waals surface area contributed by atoms with Crippen LogP contribution in [0.2, 0.25) is 0 Å². The van der Waals surface area contributed by atoms with Gasteiger partial charge in [0.2, 0.25) is 0 Å². The fraction of sp³-hybridized carbons (Fsp3) is 0. The zero-order chi connectivity index (χ0) is 63.9. The number of hydrogen-bond donors (Lipinski definition) is 0. The van der Waals surface area contributed by atoms with Crippen LogP contribution in [0.25, 0.3) is 71.4 Å². The third-order valence-corrected chi connectivity index (χ3v) is 34.2. The molecule has 0 saturated heterocycles. The van der Waals surface area contributed by atoms with E-state index in [1.807, 2.05) is 0 Å². The van der Waals surface area contributed by atoms with Crippen LogP contribution in [-0.4, -0.2) is 28.8 Å². The number of hydrogen-bond acceptors (Lipinski definition) is 2. The van der Waals surface area contributed by atoms with Crippen molar-refractivity contribution in [3.05, 3.63) is 394 Å². The summed E-state index contributed by atoms with van der Waals surface area (Å²) in [6, 6.07) is 145. The fourth-order valence-corrected chi connectivity index (χ4v) is 30.1. The molecule has 18 rings (SSSR count). The molecule has 454 valence electrons. The number of benzene rings is 15. The number of aromatic nitrogens is 1. The molecule has 3 nitrogen and oxygen atoms in total. The monoisotopic (exact) mass is 1280 g/mol. The molecular weight excluding hydrogens is 1210 g/mol. The first-order valence-electron chi connectivity index (χ1n) is 33.0. The van der Waals surface area contributed by atoms with Crippen LogP contribution in [0.5, 0.6) is 0 Å². The molecule has 0 spiro atoms. The Bertz CT molecular complexity index is 5220. The van der Waals surface area contributed by atoms with Crippen LogP contribution in [-0.2, 0) is 0 Å². The Morgan fingerprint density at radius 3 is 0.625 bits per heavy atom. The predicted octanol–water partition coefficient (Wildman–Crippen LogP) is 14.4. The Labute approximate surface area is 561 Å². The van der Waals surface area contributed by atoms with E-state index in [1.54, 1.807) is 0 Å². The van der Waals surface area contributed by atoms with Crippen molar-refractivity contribution in [1.82, 2.24) is 4.57 Å². The molecule has 0 atom stereocenters. The third-order valence-electron chi connectivity index (χ3n) is 19.9. The van der Waals surface area contributed by atoms with E-state index in [9.17, 15) is 0 Å². The largest absolute Gasteiger partial charge is 0.456 e. The zero-order valence-corrected chi connectivity index (χ0v) is 55.8. The second kappa shape index (κ2) is 24.7. The third kappa shape index (κ3) is 9.59. The van der Waals surface area contributed by atoms with Crippen molar-refractivity contribution >= 4 is 152 Å². The van der Waals surface area contributed by atoms with Crippen molar-refractivity contribution in [1.29, 1.82) is 0 Å². The van der Waals surface area contributed by atoms with E-state index in [2.05, 4.69) is 399 Å². The topological polar surface area (TPSA) is 31.2 Å². The van der Waals surface area contributed by atoms with Gasteiger partial charge in [-0.15, -0.1) is 0 Å². The van der Waals surface area contributed by atoms with Crippen LogP contribution in [0.15, 0.2) is 403 Å². The smallest absolute Gasteiger partial charge is 0.179 e. The summed E-state index contributed by atoms with van der Waals surface area (Å²) < 4.78 is 15.5. The number of para-hydroxylation sites is 2. The lowest BCUT2D eigenvalue weighted by atomic mass is 10.1. The van der Waals surface area contributed by atoms with Gasteiger partial charge in [0.1, 0.15) is 22.3 Å². The first-order chi connectivity index (χ1) is 47.6. The van der Waals surface area contributed by atoms with Crippen molar-refractivity contribution in [3.8, 4) is 5.69 Å². The molecule has 0 unspecified atom stereocenters. The lowest BCUT2D eigenvalue weighted by molar-refractivity contribution is 0.668. The van der Waals surface area contributed by atoms with Crippen molar-refractivity contribution in [2.75, 3.05) is 0 Å². The number of rotatable bonds is 13. The average molecular weight is 1280 g/mol. The highest BCUT2D eigenvalue weighted by molar-refractivity contribution is 7.21. The minimum Gasteiger partial charge on any atom is -0.456 e. The van der Waals surface area contributed by atoms with E-state index in [1.165, 1.54) is 84.0 Å². The van der Waals surface area contributed by atoms with Crippen LogP contribution < -0.4 is 62.2 Å². The highest BCUT2D eigenvalue weighted by Gasteiger charge is 2.45. The van der Waals surface area contributed by atoms with E-state index < -0.39 is 24.2 Å². The summed E-state index contributed by atoms with van der Waals surface area (Å²) in [6.45, 7) is 0. The minimum atomic E-state index is -2.72. The van der Waals surface area contributed by atoms with Crippen LogP contribution in [0.1, 0.15) is 0 Å². The number of furan rings is 2. The van der Waals surface area contributed by atoms with E-state index in [0.717, 1.165) is 49.6 Å². The predicted molar refractivity (Wildman–Crippen MR) is 413 cm³/mol. The second-order valence-electron chi connectivity index (χ2n) is 24.9. The highest BCUT2D eigenvalue weighted by atomic mass is 28.3. The van der Waals surface area contributed by atoms with Crippen molar-refractivity contribution in [3.63, 3.8) is 0 Å². The lowest BCUT2D eigenvalue weighted by Gasteiger charge is -2.34. The first-order valence-corrected chi connectivity index (χ1v) is 39.0. The molecule has 3 aromatic heterocycles. The van der Waals surface area contributed by atoms with Gasteiger partial charge in [-0.25, -0.2) is 0 Å². The van der Waals surface area contributed by atoms with E-state index >= 15 is 0 Å². The van der Waals surface area contributed by atoms with E-state index in [0.29, 0.717) is 0 Å². The van der Waals surface area contributed by atoms with Gasteiger partial charge in [-0.3, -0.25) is 0 Å². The Morgan fingerprint density at radius 1 is 0.167 bits per heavy atom. The van der Waals surface area contributed by atoms with Crippen LogP contribution in [0, 0.1) is 0 Å². The SMILES string of the molecule is c1ccc([Si](c2ccccc2)(c2ccccc2)c2ccc3oc4ccc(-n5c6ccccc6c6ccccc65)cc4c3c2)cc1.c1ccc([Si](c2ccccc2)(c2ccccc2)c2ccc3oc4ccc([Si](c5ccccc5)(c5ccccc5)c5ccccc5)cc4c3c2)cc1. The van der Waals surface area contributed by atoms with Gasteiger partial charge >= 0.3 is 0 Å². The summed E-state index contributed by atoms with van der Waals surface area (Å²) in [5, 5.41) is 23.4. The Kier molecular flexibility index (Phi) is 15.0. The van der Waals surface area contributed by atoms with Gasteiger partial charge in [0.05, 0.1) is 11.0 Å². The van der Waals surface area contributed by atoms with Gasteiger partial charge in [-0.1, -0.05) is 346 Å². The summed E-state index contributed by atoms with van der Waals surface area (Å²) in [5.41, 5.74) is 7.17. The van der Waals surface area contributed by atoms with Crippen LogP contribution >= 0.6 is 0 Å². The summed E-state index contributed by atoms with van der Waals surface area (Å²) in [4.78, 5) is 0. The van der Waals surface area contributed by atoms with Crippen molar-refractivity contribution in [2.24, 2.45) is 0 Å². The molecule has 0 saturated carbocycles. The van der Waals surface area contributed by atoms with E-state index in [-0.39, 0.29) is 0 Å². The normalized spacial score (nSPS) is 12.0. The minimum absolute atomic E-state index is 0.901. The van der Waals surface area contributed by atoms with Crippen molar-refractivity contribution in [2.45, 2.75) is 0 Å². The Balaban J connectivity index is 0.000000146. The number of fused-ring (bicyclic) bond motifs is 9. The molecular formula is C90H65NO2Si3. The van der Waals surface area contributed by atoms with Gasteiger partial charge in [0, 0.05) is 38.0 Å². The van der Waals surface area contributed by atoms with Gasteiger partial charge in [0.25, 0.3) is 0 Å². The molecule has 0 N–H and O–H groups in total. The molecule has 3 heterocycles. The van der Waals surface area contributed by atoms with Gasteiger partial charge in [-0.2, -0.15) is 0 Å². The maximum Gasteiger partial charge on any atom is 0.179 e. The van der Waals surface area contributed by atoms with Crippen LogP contribution in [0.4, 0.5) is 0 Å². The molecule has 0 fully saturated rings. The maximum atomic E-state index is 6.65. The molecule has 0 amide bonds. The van der Waals surface area contributed by atoms with Gasteiger partial charge < -0.3 is 13.4 Å². The standard InChI is InChI=1S/C48H36OSi2.C42H29NOSi/c1-7-19-37(20-8-1)50(38-21-9-2-10-22-38,39-23-11-3-12-24-39)43-31-33-47-45(35-43)46-36-44(32-34-48(46)49-47)51(40-25-13-4-14-26-40,41-27-15-5-16-28-41)42-29-17-6-18-30-42;1-4-14-31(15-5-1)45(32-16-6-2-7-17-32,33-18-8-3-9-19-33)34-25-27-42-38(29-34)37-28-30(24-26-41(37)44-42)43-39-22-12-10-20-35(39)36-21-11-13-23-40(36)43/h1-36H;1-29H. The molecule has 6 heteroatoms. The zero-order valence-electron chi connectivity index (χ0n) is 52.8. The lowest BCUT2D eigenvalue weighted by Crippen LogP contribution is -2.74. The molecule has 18 aromatic rings.